The molecule has 1 heterocycles. The van der Waals surface area contributed by atoms with Crippen molar-refractivity contribution in [3.05, 3.63) is 0 Å². The molecular formula is C9H21NO6P2S. The Balaban J connectivity index is 2.88. The van der Waals surface area contributed by atoms with Crippen LogP contribution in [0.15, 0.2) is 0 Å². The van der Waals surface area contributed by atoms with E-state index in [0.717, 1.165) is 6.42 Å². The average molecular weight is 333 g/mol. The molecule has 10 heteroatoms. The van der Waals surface area contributed by atoms with Crippen molar-refractivity contribution < 1.29 is 28.7 Å². The maximum Gasteiger partial charge on any atom is 0.330 e. The topological polar surface area (TPSA) is 127 Å². The Morgan fingerprint density at radius 3 is 2.26 bits per heavy atom. The van der Waals surface area contributed by atoms with Gasteiger partial charge >= 0.3 is 15.2 Å². The van der Waals surface area contributed by atoms with E-state index in [1.165, 1.54) is 0 Å². The summed E-state index contributed by atoms with van der Waals surface area (Å²) in [7, 11) is -9.06. The van der Waals surface area contributed by atoms with Crippen molar-refractivity contribution in [1.82, 2.24) is 5.32 Å². The zero-order valence-electron chi connectivity index (χ0n) is 10.6. The molecule has 5 N–H and O–H groups in total. The standard InChI is InChI=1S/C9H21NO6P2S/c1-6-2-7(5-19)3-10-9(6)8(18(14,15)16)4-17(11,12)13/h6-10,19H,2-5H2,1H3,(H2,11,12,13)(H2,14,15,16). The van der Waals surface area contributed by atoms with Crippen LogP contribution in [-0.2, 0) is 9.13 Å². The van der Waals surface area contributed by atoms with Crippen LogP contribution in [0.25, 0.3) is 0 Å². The number of piperidine rings is 1. The first-order valence-electron chi connectivity index (χ1n) is 5.98. The molecule has 0 radical (unpaired) electrons. The fourth-order valence-electron chi connectivity index (χ4n) is 2.59. The second-order valence-corrected chi connectivity index (χ2v) is 9.10. The lowest BCUT2D eigenvalue weighted by molar-refractivity contribution is 0.226. The van der Waals surface area contributed by atoms with Crippen molar-refractivity contribution in [3.63, 3.8) is 0 Å². The van der Waals surface area contributed by atoms with Crippen molar-refractivity contribution in [2.75, 3.05) is 18.5 Å². The quantitative estimate of drug-likeness (QED) is 0.314. The van der Waals surface area contributed by atoms with E-state index in [-0.39, 0.29) is 5.92 Å². The second-order valence-electron chi connectivity index (χ2n) is 5.20. The molecule has 0 aromatic carbocycles. The number of rotatable bonds is 5. The lowest BCUT2D eigenvalue weighted by atomic mass is 9.85. The maximum atomic E-state index is 11.5. The Morgan fingerprint density at radius 2 is 1.89 bits per heavy atom. The van der Waals surface area contributed by atoms with Crippen LogP contribution in [0.4, 0.5) is 0 Å². The molecule has 4 unspecified atom stereocenters. The first-order valence-corrected chi connectivity index (χ1v) is 10.1. The Bertz CT molecular complexity index is 396. The van der Waals surface area contributed by atoms with Gasteiger partial charge in [-0.25, -0.2) is 0 Å². The van der Waals surface area contributed by atoms with Crippen LogP contribution in [0.2, 0.25) is 0 Å². The molecule has 1 aliphatic heterocycles. The molecule has 1 aliphatic rings. The predicted molar refractivity (Wildman–Crippen MR) is 75.7 cm³/mol. The van der Waals surface area contributed by atoms with Crippen LogP contribution in [0, 0.1) is 11.8 Å². The first-order chi connectivity index (χ1) is 8.54. The number of nitrogens with one attached hydrogen (secondary N) is 1. The molecule has 0 aromatic heterocycles. The van der Waals surface area contributed by atoms with E-state index in [9.17, 15) is 18.9 Å². The first kappa shape index (κ1) is 17.7. The van der Waals surface area contributed by atoms with Gasteiger partial charge in [0.1, 0.15) is 0 Å². The summed E-state index contributed by atoms with van der Waals surface area (Å²) >= 11 is 4.19. The Hall–Kier alpha value is 0.610. The van der Waals surface area contributed by atoms with Crippen LogP contribution in [0.3, 0.4) is 0 Å². The van der Waals surface area contributed by atoms with Gasteiger partial charge in [-0.3, -0.25) is 9.13 Å². The average Bonchev–Trinajstić information content (AvgIpc) is 2.23. The van der Waals surface area contributed by atoms with Crippen molar-refractivity contribution in [2.45, 2.75) is 25.0 Å². The fourth-order valence-corrected chi connectivity index (χ4v) is 5.89. The highest BCUT2D eigenvalue weighted by Gasteiger charge is 2.44. The van der Waals surface area contributed by atoms with Crippen molar-refractivity contribution in [2.24, 2.45) is 11.8 Å². The molecule has 0 amide bonds. The minimum Gasteiger partial charge on any atom is -0.324 e. The molecule has 4 atom stereocenters. The molecule has 1 saturated heterocycles. The van der Waals surface area contributed by atoms with Gasteiger partial charge in [0.15, 0.2) is 0 Å². The minimum absolute atomic E-state index is 0.0740. The molecule has 0 bridgehead atoms. The summed E-state index contributed by atoms with van der Waals surface area (Å²) in [6.07, 6.45) is -0.0658. The molecule has 0 aliphatic carbocycles. The van der Waals surface area contributed by atoms with Gasteiger partial charge in [0, 0.05) is 6.04 Å². The van der Waals surface area contributed by atoms with Gasteiger partial charge in [-0.2, -0.15) is 12.6 Å². The predicted octanol–water partition coefficient (Wildman–Crippen LogP) is 0.254. The van der Waals surface area contributed by atoms with Gasteiger partial charge in [-0.05, 0) is 30.6 Å². The van der Waals surface area contributed by atoms with Crippen molar-refractivity contribution in [3.8, 4) is 0 Å². The molecule has 0 spiro atoms. The van der Waals surface area contributed by atoms with Crippen molar-refractivity contribution in [1.29, 1.82) is 0 Å². The molecule has 114 valence electrons. The van der Waals surface area contributed by atoms with Crippen molar-refractivity contribution >= 4 is 27.8 Å². The SMILES string of the molecule is CC1CC(CS)CNC1C(CP(=O)(O)O)P(=O)(O)O. The highest BCUT2D eigenvalue weighted by atomic mass is 32.1. The summed E-state index contributed by atoms with van der Waals surface area (Å²) in [6, 6.07) is -0.593. The number of thiol groups is 1. The van der Waals surface area contributed by atoms with E-state index >= 15 is 0 Å². The molecular weight excluding hydrogens is 312 g/mol. The van der Waals surface area contributed by atoms with Gasteiger partial charge in [0.25, 0.3) is 0 Å². The molecule has 1 fully saturated rings. The van der Waals surface area contributed by atoms with Gasteiger partial charge < -0.3 is 24.9 Å². The smallest absolute Gasteiger partial charge is 0.324 e. The molecule has 0 saturated carbocycles. The van der Waals surface area contributed by atoms with Crippen LogP contribution >= 0.6 is 27.8 Å². The van der Waals surface area contributed by atoms with E-state index in [2.05, 4.69) is 17.9 Å². The summed E-state index contributed by atoms with van der Waals surface area (Å²) in [5, 5.41) is 3.01. The summed E-state index contributed by atoms with van der Waals surface area (Å²) in [4.78, 5) is 36.7. The third-order valence-corrected chi connectivity index (χ3v) is 6.53. The van der Waals surface area contributed by atoms with E-state index in [1.807, 2.05) is 6.92 Å². The van der Waals surface area contributed by atoms with Crippen LogP contribution in [-0.4, -0.2) is 49.7 Å². The Kier molecular flexibility index (Phi) is 6.12. The largest absolute Gasteiger partial charge is 0.330 e. The number of hydrogen-bond acceptors (Lipinski definition) is 4. The molecule has 0 aromatic rings. The summed E-state index contributed by atoms with van der Waals surface area (Å²) in [6.45, 7) is 2.38. The fraction of sp³-hybridized carbons (Fsp3) is 1.00. The maximum absolute atomic E-state index is 11.5. The normalized spacial score (nSPS) is 31.2. The van der Waals surface area contributed by atoms with Gasteiger partial charge in [-0.15, -0.1) is 0 Å². The Labute approximate surface area is 117 Å². The minimum atomic E-state index is -4.58. The summed E-state index contributed by atoms with van der Waals surface area (Å²) in [5.41, 5.74) is -1.36. The second kappa shape index (κ2) is 6.58. The lowest BCUT2D eigenvalue weighted by Crippen LogP contribution is -2.52. The van der Waals surface area contributed by atoms with Crippen LogP contribution in [0.1, 0.15) is 13.3 Å². The highest BCUT2D eigenvalue weighted by molar-refractivity contribution is 7.80. The van der Waals surface area contributed by atoms with Gasteiger partial charge in [0.05, 0.1) is 11.8 Å². The molecule has 1 rings (SSSR count). The van der Waals surface area contributed by atoms with Gasteiger partial charge in [0.2, 0.25) is 0 Å². The summed E-state index contributed by atoms with van der Waals surface area (Å²) < 4.78 is 22.6. The molecule has 7 nitrogen and oxygen atoms in total. The van der Waals surface area contributed by atoms with E-state index in [4.69, 9.17) is 9.79 Å². The lowest BCUT2D eigenvalue weighted by Gasteiger charge is -2.39. The Morgan fingerprint density at radius 1 is 1.32 bits per heavy atom. The van der Waals surface area contributed by atoms with E-state index in [1.54, 1.807) is 0 Å². The third kappa shape index (κ3) is 5.48. The van der Waals surface area contributed by atoms with E-state index < -0.39 is 33.1 Å². The van der Waals surface area contributed by atoms with Crippen LogP contribution < -0.4 is 5.32 Å². The zero-order chi connectivity index (χ0) is 14.8. The van der Waals surface area contributed by atoms with Gasteiger partial charge in [-0.1, -0.05) is 6.92 Å². The molecule has 19 heavy (non-hydrogen) atoms. The van der Waals surface area contributed by atoms with Crippen LogP contribution in [0.5, 0.6) is 0 Å². The van der Waals surface area contributed by atoms with E-state index in [0.29, 0.717) is 18.2 Å². The monoisotopic (exact) mass is 333 g/mol. The summed E-state index contributed by atoms with van der Waals surface area (Å²) in [5.74, 6) is 0.903. The third-order valence-electron chi connectivity index (χ3n) is 3.49. The highest BCUT2D eigenvalue weighted by Crippen LogP contribution is 2.51. The number of hydrogen-bond donors (Lipinski definition) is 6. The zero-order valence-corrected chi connectivity index (χ0v) is 13.3.